The second-order valence-electron chi connectivity index (χ2n) is 6.13. The normalized spacial score (nSPS) is 12.0. The third kappa shape index (κ3) is 3.54. The number of hydrogen-bond acceptors (Lipinski definition) is 2. The molecule has 1 heterocycles. The van der Waals surface area contributed by atoms with Crippen molar-refractivity contribution in [1.29, 1.82) is 0 Å². The Morgan fingerprint density at radius 1 is 1.08 bits per heavy atom. The third-order valence-electron chi connectivity index (χ3n) is 4.03. The molecule has 0 aliphatic heterocycles. The molecule has 0 aliphatic rings. The first kappa shape index (κ1) is 16.0. The summed E-state index contributed by atoms with van der Waals surface area (Å²) in [6.45, 7) is 6.00. The summed E-state index contributed by atoms with van der Waals surface area (Å²) >= 11 is 0. The Labute approximate surface area is 142 Å². The average Bonchev–Trinajstić information content (AvgIpc) is 3.08. The molecule has 4 heteroatoms. The highest BCUT2D eigenvalue weighted by Crippen LogP contribution is 2.17. The van der Waals surface area contributed by atoms with Crippen molar-refractivity contribution >= 4 is 5.91 Å². The summed E-state index contributed by atoms with van der Waals surface area (Å²) in [6, 6.07) is 13.9. The van der Waals surface area contributed by atoms with Gasteiger partial charge < -0.3 is 9.88 Å². The van der Waals surface area contributed by atoms with Crippen LogP contribution in [0.15, 0.2) is 61.2 Å². The Kier molecular flexibility index (Phi) is 4.47. The van der Waals surface area contributed by atoms with E-state index in [1.165, 1.54) is 0 Å². The van der Waals surface area contributed by atoms with Crippen LogP contribution in [0.5, 0.6) is 0 Å². The summed E-state index contributed by atoms with van der Waals surface area (Å²) in [7, 11) is 0. The molecule has 1 atom stereocenters. The lowest BCUT2D eigenvalue weighted by Crippen LogP contribution is -2.26. The molecule has 1 aromatic heterocycles. The van der Waals surface area contributed by atoms with E-state index in [-0.39, 0.29) is 11.9 Å². The molecule has 0 fully saturated rings. The average molecular weight is 319 g/mol. The number of nitrogens with zero attached hydrogens (tertiary/aromatic N) is 2. The number of aryl methyl sites for hydroxylation is 2. The molecular weight excluding hydrogens is 298 g/mol. The standard InChI is InChI=1S/C20H21N3O/c1-14-10-15(2)12-18(11-14)20(24)22-16(3)17-4-6-19(7-5-17)23-9-8-21-13-23/h4-13,16H,1-3H3,(H,22,24). The van der Waals surface area contributed by atoms with E-state index in [0.717, 1.165) is 22.4 Å². The summed E-state index contributed by atoms with van der Waals surface area (Å²) in [5.41, 5.74) is 5.00. The Balaban J connectivity index is 1.72. The smallest absolute Gasteiger partial charge is 0.251 e. The van der Waals surface area contributed by atoms with Crippen molar-refractivity contribution in [2.45, 2.75) is 26.8 Å². The molecule has 0 spiro atoms. The number of imidazole rings is 1. The molecule has 24 heavy (non-hydrogen) atoms. The number of amides is 1. The lowest BCUT2D eigenvalue weighted by atomic mass is 10.0. The van der Waals surface area contributed by atoms with Gasteiger partial charge in [0.25, 0.3) is 5.91 Å². The molecule has 1 N–H and O–H groups in total. The minimum atomic E-state index is -0.0600. The number of carbonyl (C=O) groups excluding carboxylic acids is 1. The summed E-state index contributed by atoms with van der Waals surface area (Å²) in [6.07, 6.45) is 5.42. The van der Waals surface area contributed by atoms with Crippen LogP contribution >= 0.6 is 0 Å². The molecule has 3 rings (SSSR count). The second-order valence-corrected chi connectivity index (χ2v) is 6.13. The van der Waals surface area contributed by atoms with Crippen LogP contribution in [0.1, 0.15) is 40.0 Å². The van der Waals surface area contributed by atoms with Crippen molar-refractivity contribution in [2.75, 3.05) is 0 Å². The lowest BCUT2D eigenvalue weighted by molar-refractivity contribution is 0.0939. The molecule has 3 aromatic rings. The van der Waals surface area contributed by atoms with Gasteiger partial charge in [-0.2, -0.15) is 0 Å². The minimum Gasteiger partial charge on any atom is -0.346 e. The van der Waals surface area contributed by atoms with E-state index in [0.29, 0.717) is 5.56 Å². The summed E-state index contributed by atoms with van der Waals surface area (Å²) in [5.74, 6) is -0.0482. The van der Waals surface area contributed by atoms with Gasteiger partial charge in [-0.3, -0.25) is 4.79 Å². The SMILES string of the molecule is Cc1cc(C)cc(C(=O)NC(C)c2ccc(-n3ccnc3)cc2)c1. The first-order chi connectivity index (χ1) is 11.5. The summed E-state index contributed by atoms with van der Waals surface area (Å²) < 4.78 is 1.95. The molecule has 4 nitrogen and oxygen atoms in total. The van der Waals surface area contributed by atoms with Crippen LogP contribution in [0, 0.1) is 13.8 Å². The van der Waals surface area contributed by atoms with Crippen molar-refractivity contribution in [2.24, 2.45) is 0 Å². The van der Waals surface area contributed by atoms with Crippen LogP contribution in [-0.4, -0.2) is 15.5 Å². The number of carbonyl (C=O) groups is 1. The third-order valence-corrected chi connectivity index (χ3v) is 4.03. The zero-order valence-electron chi connectivity index (χ0n) is 14.2. The number of benzene rings is 2. The molecule has 1 amide bonds. The van der Waals surface area contributed by atoms with Crippen molar-refractivity contribution in [3.05, 3.63) is 83.4 Å². The fourth-order valence-electron chi connectivity index (χ4n) is 2.82. The van der Waals surface area contributed by atoms with Crippen LogP contribution in [-0.2, 0) is 0 Å². The Bertz CT molecular complexity index is 816. The summed E-state index contributed by atoms with van der Waals surface area (Å²) in [4.78, 5) is 16.5. The number of rotatable bonds is 4. The molecular formula is C20H21N3O. The van der Waals surface area contributed by atoms with Gasteiger partial charge in [-0.15, -0.1) is 0 Å². The maximum Gasteiger partial charge on any atom is 0.251 e. The monoisotopic (exact) mass is 319 g/mol. The number of aromatic nitrogens is 2. The van der Waals surface area contributed by atoms with Crippen molar-refractivity contribution in [1.82, 2.24) is 14.9 Å². The van der Waals surface area contributed by atoms with Gasteiger partial charge in [-0.25, -0.2) is 4.98 Å². The maximum absolute atomic E-state index is 12.5. The van der Waals surface area contributed by atoms with Crippen molar-refractivity contribution in [3.63, 3.8) is 0 Å². The molecule has 2 aromatic carbocycles. The van der Waals surface area contributed by atoms with Gasteiger partial charge in [-0.05, 0) is 50.6 Å². The van der Waals surface area contributed by atoms with E-state index in [9.17, 15) is 4.79 Å². The molecule has 0 radical (unpaired) electrons. The quantitative estimate of drug-likeness (QED) is 0.790. The van der Waals surface area contributed by atoms with E-state index < -0.39 is 0 Å². The molecule has 0 bridgehead atoms. The van der Waals surface area contributed by atoms with Crippen LogP contribution in [0.2, 0.25) is 0 Å². The first-order valence-electron chi connectivity index (χ1n) is 8.00. The zero-order valence-corrected chi connectivity index (χ0v) is 14.2. The predicted octanol–water partition coefficient (Wildman–Crippen LogP) is 3.98. The molecule has 0 saturated heterocycles. The lowest BCUT2D eigenvalue weighted by Gasteiger charge is -2.15. The van der Waals surface area contributed by atoms with Gasteiger partial charge in [0.15, 0.2) is 0 Å². The predicted molar refractivity (Wildman–Crippen MR) is 95.4 cm³/mol. The van der Waals surface area contributed by atoms with Crippen LogP contribution in [0.25, 0.3) is 5.69 Å². The van der Waals surface area contributed by atoms with Gasteiger partial charge >= 0.3 is 0 Å². The highest BCUT2D eigenvalue weighted by molar-refractivity contribution is 5.94. The van der Waals surface area contributed by atoms with E-state index in [4.69, 9.17) is 0 Å². The van der Waals surface area contributed by atoms with Crippen LogP contribution in [0.4, 0.5) is 0 Å². The van der Waals surface area contributed by atoms with Gasteiger partial charge in [-0.1, -0.05) is 29.3 Å². The molecule has 122 valence electrons. The minimum absolute atomic E-state index is 0.0482. The molecule has 1 unspecified atom stereocenters. The first-order valence-corrected chi connectivity index (χ1v) is 8.00. The van der Waals surface area contributed by atoms with Crippen LogP contribution < -0.4 is 5.32 Å². The van der Waals surface area contributed by atoms with Crippen molar-refractivity contribution in [3.8, 4) is 5.69 Å². The van der Waals surface area contributed by atoms with E-state index >= 15 is 0 Å². The van der Waals surface area contributed by atoms with Gasteiger partial charge in [0.05, 0.1) is 12.4 Å². The fourth-order valence-corrected chi connectivity index (χ4v) is 2.82. The zero-order chi connectivity index (χ0) is 17.1. The topological polar surface area (TPSA) is 46.9 Å². The summed E-state index contributed by atoms with van der Waals surface area (Å²) in [5, 5.41) is 3.06. The highest BCUT2D eigenvalue weighted by Gasteiger charge is 2.12. The second kappa shape index (κ2) is 6.71. The Morgan fingerprint density at radius 2 is 1.75 bits per heavy atom. The maximum atomic E-state index is 12.5. The Morgan fingerprint density at radius 3 is 2.33 bits per heavy atom. The molecule has 0 saturated carbocycles. The van der Waals surface area contributed by atoms with Gasteiger partial charge in [0.2, 0.25) is 0 Å². The van der Waals surface area contributed by atoms with Crippen molar-refractivity contribution < 1.29 is 4.79 Å². The molecule has 0 aliphatic carbocycles. The van der Waals surface area contributed by atoms with E-state index in [2.05, 4.69) is 16.4 Å². The highest BCUT2D eigenvalue weighted by atomic mass is 16.1. The van der Waals surface area contributed by atoms with E-state index in [1.54, 1.807) is 12.5 Å². The van der Waals surface area contributed by atoms with Crippen LogP contribution in [0.3, 0.4) is 0 Å². The Hall–Kier alpha value is -2.88. The van der Waals surface area contributed by atoms with E-state index in [1.807, 2.05) is 67.9 Å². The number of hydrogen-bond donors (Lipinski definition) is 1. The number of nitrogens with one attached hydrogen (secondary N) is 1. The largest absolute Gasteiger partial charge is 0.346 e. The van der Waals surface area contributed by atoms with Gasteiger partial charge in [0, 0.05) is 23.6 Å². The van der Waals surface area contributed by atoms with Gasteiger partial charge in [0.1, 0.15) is 0 Å². The fraction of sp³-hybridized carbons (Fsp3) is 0.200.